The standard InChI is InChI=1S/C17H16N2/c1-12-9-13(2)11-15(10-12)19-17-16-6-4-3-5-14(16)7-8-18-17/h3-11H,1-2H3,(H,18,19). The zero-order valence-electron chi connectivity index (χ0n) is 11.1. The Bertz CT molecular complexity index is 707. The molecule has 3 rings (SSSR count). The highest BCUT2D eigenvalue weighted by Crippen LogP contribution is 2.25. The summed E-state index contributed by atoms with van der Waals surface area (Å²) < 4.78 is 0. The summed E-state index contributed by atoms with van der Waals surface area (Å²) in [5, 5.41) is 5.76. The average molecular weight is 248 g/mol. The number of nitrogens with one attached hydrogen (secondary N) is 1. The number of nitrogens with zero attached hydrogens (tertiary/aromatic N) is 1. The maximum absolute atomic E-state index is 4.45. The van der Waals surface area contributed by atoms with Gasteiger partial charge in [0.1, 0.15) is 5.82 Å². The van der Waals surface area contributed by atoms with Crippen molar-refractivity contribution >= 4 is 22.3 Å². The number of hydrogen-bond donors (Lipinski definition) is 1. The van der Waals surface area contributed by atoms with Crippen LogP contribution in [0.2, 0.25) is 0 Å². The first-order chi connectivity index (χ1) is 9.22. The van der Waals surface area contributed by atoms with Crippen LogP contribution in [0.4, 0.5) is 11.5 Å². The van der Waals surface area contributed by atoms with Gasteiger partial charge in [-0.2, -0.15) is 0 Å². The molecule has 0 unspecified atom stereocenters. The molecule has 0 bridgehead atoms. The van der Waals surface area contributed by atoms with E-state index in [1.165, 1.54) is 16.5 Å². The van der Waals surface area contributed by atoms with Crippen molar-refractivity contribution in [2.45, 2.75) is 13.8 Å². The Balaban J connectivity index is 2.05. The summed E-state index contributed by atoms with van der Waals surface area (Å²) in [6.45, 7) is 4.21. The van der Waals surface area contributed by atoms with Gasteiger partial charge in [-0.1, -0.05) is 30.3 Å². The Morgan fingerprint density at radius 1 is 0.895 bits per heavy atom. The van der Waals surface area contributed by atoms with Crippen molar-refractivity contribution in [3.63, 3.8) is 0 Å². The van der Waals surface area contributed by atoms with Gasteiger partial charge in [-0.15, -0.1) is 0 Å². The number of benzene rings is 2. The molecule has 0 spiro atoms. The van der Waals surface area contributed by atoms with Crippen molar-refractivity contribution in [3.8, 4) is 0 Å². The Hall–Kier alpha value is -2.35. The van der Waals surface area contributed by atoms with Crippen LogP contribution in [-0.4, -0.2) is 4.98 Å². The second-order valence-corrected chi connectivity index (χ2v) is 4.88. The summed E-state index contributed by atoms with van der Waals surface area (Å²) in [6, 6.07) is 16.7. The minimum absolute atomic E-state index is 0.906. The van der Waals surface area contributed by atoms with E-state index in [1.54, 1.807) is 0 Å². The van der Waals surface area contributed by atoms with E-state index >= 15 is 0 Å². The van der Waals surface area contributed by atoms with Crippen LogP contribution in [0.25, 0.3) is 10.8 Å². The van der Waals surface area contributed by atoms with Gasteiger partial charge in [-0.05, 0) is 48.6 Å². The fourth-order valence-corrected chi connectivity index (χ4v) is 2.40. The third-order valence-electron chi connectivity index (χ3n) is 3.16. The topological polar surface area (TPSA) is 24.9 Å². The molecular formula is C17H16N2. The number of fused-ring (bicyclic) bond motifs is 1. The fraction of sp³-hybridized carbons (Fsp3) is 0.118. The number of anilines is 2. The lowest BCUT2D eigenvalue weighted by Crippen LogP contribution is -1.95. The Morgan fingerprint density at radius 2 is 1.63 bits per heavy atom. The summed E-state index contributed by atoms with van der Waals surface area (Å²) in [7, 11) is 0. The molecule has 0 aliphatic carbocycles. The zero-order chi connectivity index (χ0) is 13.2. The van der Waals surface area contributed by atoms with Gasteiger partial charge in [-0.25, -0.2) is 4.98 Å². The van der Waals surface area contributed by atoms with E-state index in [2.05, 4.69) is 54.5 Å². The van der Waals surface area contributed by atoms with E-state index in [1.807, 2.05) is 24.4 Å². The largest absolute Gasteiger partial charge is 0.340 e. The Kier molecular flexibility index (Phi) is 2.92. The molecular weight excluding hydrogens is 232 g/mol. The second kappa shape index (κ2) is 4.73. The zero-order valence-corrected chi connectivity index (χ0v) is 11.1. The first-order valence-electron chi connectivity index (χ1n) is 6.41. The highest BCUT2D eigenvalue weighted by molar-refractivity contribution is 5.93. The van der Waals surface area contributed by atoms with Gasteiger partial charge >= 0.3 is 0 Å². The Labute approximate surface area is 113 Å². The fourth-order valence-electron chi connectivity index (χ4n) is 2.40. The monoisotopic (exact) mass is 248 g/mol. The smallest absolute Gasteiger partial charge is 0.138 e. The van der Waals surface area contributed by atoms with Gasteiger partial charge in [0.15, 0.2) is 0 Å². The van der Waals surface area contributed by atoms with Gasteiger partial charge in [-0.3, -0.25) is 0 Å². The van der Waals surface area contributed by atoms with Crippen molar-refractivity contribution in [1.82, 2.24) is 4.98 Å². The van der Waals surface area contributed by atoms with Crippen LogP contribution >= 0.6 is 0 Å². The minimum Gasteiger partial charge on any atom is -0.340 e. The number of aryl methyl sites for hydroxylation is 2. The molecule has 1 heterocycles. The molecule has 0 saturated heterocycles. The normalized spacial score (nSPS) is 10.6. The van der Waals surface area contributed by atoms with Gasteiger partial charge in [0, 0.05) is 17.3 Å². The highest BCUT2D eigenvalue weighted by Gasteiger charge is 2.02. The van der Waals surface area contributed by atoms with Gasteiger partial charge in [0.25, 0.3) is 0 Å². The molecule has 2 heteroatoms. The van der Waals surface area contributed by atoms with Crippen LogP contribution in [0.5, 0.6) is 0 Å². The van der Waals surface area contributed by atoms with Gasteiger partial charge < -0.3 is 5.32 Å². The summed E-state index contributed by atoms with van der Waals surface area (Å²) in [6.07, 6.45) is 1.84. The third kappa shape index (κ3) is 2.43. The molecule has 0 aliphatic heterocycles. The van der Waals surface area contributed by atoms with E-state index in [4.69, 9.17) is 0 Å². The van der Waals surface area contributed by atoms with Crippen LogP contribution < -0.4 is 5.32 Å². The van der Waals surface area contributed by atoms with Crippen LogP contribution in [0, 0.1) is 13.8 Å². The van der Waals surface area contributed by atoms with Gasteiger partial charge in [0.05, 0.1) is 0 Å². The molecule has 0 saturated carbocycles. The van der Waals surface area contributed by atoms with Crippen molar-refractivity contribution in [2.75, 3.05) is 5.32 Å². The lowest BCUT2D eigenvalue weighted by molar-refractivity contribution is 1.32. The Morgan fingerprint density at radius 3 is 2.42 bits per heavy atom. The van der Waals surface area contributed by atoms with E-state index in [9.17, 15) is 0 Å². The molecule has 2 nitrogen and oxygen atoms in total. The predicted octanol–water partition coefficient (Wildman–Crippen LogP) is 4.60. The summed E-state index contributed by atoms with van der Waals surface area (Å²) in [4.78, 5) is 4.45. The molecule has 0 fully saturated rings. The van der Waals surface area contributed by atoms with E-state index < -0.39 is 0 Å². The maximum Gasteiger partial charge on any atom is 0.138 e. The lowest BCUT2D eigenvalue weighted by Gasteiger charge is -2.10. The van der Waals surface area contributed by atoms with Crippen molar-refractivity contribution < 1.29 is 0 Å². The molecule has 0 radical (unpaired) electrons. The summed E-state index contributed by atoms with van der Waals surface area (Å²) in [5.41, 5.74) is 3.59. The predicted molar refractivity (Wildman–Crippen MR) is 80.9 cm³/mol. The van der Waals surface area contributed by atoms with E-state index in [0.29, 0.717) is 0 Å². The maximum atomic E-state index is 4.45. The second-order valence-electron chi connectivity index (χ2n) is 4.88. The van der Waals surface area contributed by atoms with Gasteiger partial charge in [0.2, 0.25) is 0 Å². The average Bonchev–Trinajstić information content (AvgIpc) is 2.38. The van der Waals surface area contributed by atoms with Crippen molar-refractivity contribution in [2.24, 2.45) is 0 Å². The highest BCUT2D eigenvalue weighted by atomic mass is 15.0. The molecule has 3 aromatic rings. The number of pyridine rings is 1. The first-order valence-corrected chi connectivity index (χ1v) is 6.41. The van der Waals surface area contributed by atoms with Crippen molar-refractivity contribution in [3.05, 3.63) is 65.9 Å². The minimum atomic E-state index is 0.906. The lowest BCUT2D eigenvalue weighted by atomic mass is 10.1. The number of aromatic nitrogens is 1. The quantitative estimate of drug-likeness (QED) is 0.717. The van der Waals surface area contributed by atoms with Crippen LogP contribution in [0.3, 0.4) is 0 Å². The third-order valence-corrected chi connectivity index (χ3v) is 3.16. The van der Waals surface area contributed by atoms with E-state index in [0.717, 1.165) is 16.9 Å². The van der Waals surface area contributed by atoms with Crippen LogP contribution in [0.15, 0.2) is 54.7 Å². The van der Waals surface area contributed by atoms with Crippen LogP contribution in [0.1, 0.15) is 11.1 Å². The number of hydrogen-bond acceptors (Lipinski definition) is 2. The molecule has 1 aromatic heterocycles. The first kappa shape index (κ1) is 11.7. The SMILES string of the molecule is Cc1cc(C)cc(Nc2nccc3ccccc23)c1. The molecule has 2 aromatic carbocycles. The molecule has 0 amide bonds. The molecule has 94 valence electrons. The van der Waals surface area contributed by atoms with Crippen LogP contribution in [-0.2, 0) is 0 Å². The van der Waals surface area contributed by atoms with Crippen molar-refractivity contribution in [1.29, 1.82) is 0 Å². The summed E-state index contributed by atoms with van der Waals surface area (Å²) in [5.74, 6) is 0.906. The summed E-state index contributed by atoms with van der Waals surface area (Å²) >= 11 is 0. The van der Waals surface area contributed by atoms with E-state index in [-0.39, 0.29) is 0 Å². The number of rotatable bonds is 2. The molecule has 1 N–H and O–H groups in total. The molecule has 0 atom stereocenters. The molecule has 0 aliphatic rings. The molecule has 19 heavy (non-hydrogen) atoms.